The van der Waals surface area contributed by atoms with Gasteiger partial charge in [0.2, 0.25) is 5.91 Å². The highest BCUT2D eigenvalue weighted by atomic mass is 16.2. The molecular weight excluding hydrogens is 196 g/mol. The van der Waals surface area contributed by atoms with Crippen molar-refractivity contribution in [2.45, 2.75) is 0 Å². The fourth-order valence-electron chi connectivity index (χ4n) is 2.17. The molecule has 3 aliphatic rings. The number of aliphatic imine (C=N–C) groups is 1. The molecule has 78 valence electrons. The molecule has 0 bridgehead atoms. The molecule has 3 amide bonds. The van der Waals surface area contributed by atoms with E-state index < -0.39 is 6.03 Å². The Hall–Kier alpha value is -1.85. The van der Waals surface area contributed by atoms with Crippen molar-refractivity contribution in [2.24, 2.45) is 10.9 Å². The number of hydrogen-bond acceptors (Lipinski definition) is 4. The number of carbonyl (C=O) groups is 2. The van der Waals surface area contributed by atoms with Crippen LogP contribution in [0.25, 0.3) is 0 Å². The van der Waals surface area contributed by atoms with Gasteiger partial charge in [-0.3, -0.25) is 15.1 Å². The second-order valence-electron chi connectivity index (χ2n) is 3.78. The van der Waals surface area contributed by atoms with Crippen LogP contribution in [0, 0.1) is 5.92 Å². The predicted octanol–water partition coefficient (Wildman–Crippen LogP) is -0.946. The monoisotopic (exact) mass is 206 g/mol. The van der Waals surface area contributed by atoms with Crippen LogP contribution in [-0.4, -0.2) is 42.7 Å². The third-order valence-corrected chi connectivity index (χ3v) is 2.88. The summed E-state index contributed by atoms with van der Waals surface area (Å²) in [5.74, 6) is -0.466. The van der Waals surface area contributed by atoms with Crippen molar-refractivity contribution in [3.8, 4) is 0 Å². The maximum atomic E-state index is 11.6. The molecule has 1 unspecified atom stereocenters. The molecule has 0 aliphatic carbocycles. The summed E-state index contributed by atoms with van der Waals surface area (Å²) in [6, 6.07) is -0.445. The van der Waals surface area contributed by atoms with E-state index in [-0.39, 0.29) is 11.8 Å². The highest BCUT2D eigenvalue weighted by Crippen LogP contribution is 2.28. The van der Waals surface area contributed by atoms with Gasteiger partial charge in [-0.2, -0.15) is 0 Å². The Bertz CT molecular complexity index is 412. The number of nitrogens with one attached hydrogen (secondary N) is 2. The Morgan fingerprint density at radius 1 is 1.40 bits per heavy atom. The smallest absolute Gasteiger partial charge is 0.325 e. The Morgan fingerprint density at radius 2 is 2.27 bits per heavy atom. The molecule has 1 saturated heterocycles. The second-order valence-corrected chi connectivity index (χ2v) is 3.78. The summed E-state index contributed by atoms with van der Waals surface area (Å²) in [6.45, 7) is 2.21. The van der Waals surface area contributed by atoms with Crippen LogP contribution in [0.5, 0.6) is 0 Å². The Morgan fingerprint density at radius 3 is 3.13 bits per heavy atom. The van der Waals surface area contributed by atoms with Crippen LogP contribution in [0.2, 0.25) is 0 Å². The zero-order chi connectivity index (χ0) is 10.4. The summed E-state index contributed by atoms with van der Waals surface area (Å²) >= 11 is 0. The van der Waals surface area contributed by atoms with Crippen LogP contribution >= 0.6 is 0 Å². The van der Waals surface area contributed by atoms with Crippen molar-refractivity contribution in [2.75, 3.05) is 19.6 Å². The lowest BCUT2D eigenvalue weighted by atomic mass is 10.1. The van der Waals surface area contributed by atoms with Gasteiger partial charge in [-0.1, -0.05) is 0 Å². The lowest BCUT2D eigenvalue weighted by Gasteiger charge is -2.22. The second kappa shape index (κ2) is 2.82. The summed E-state index contributed by atoms with van der Waals surface area (Å²) in [4.78, 5) is 28.9. The Kier molecular flexibility index (Phi) is 1.59. The molecule has 1 fully saturated rings. The number of urea groups is 1. The Balaban J connectivity index is 2.04. The Labute approximate surface area is 86.0 Å². The van der Waals surface area contributed by atoms with E-state index in [2.05, 4.69) is 20.5 Å². The number of allylic oxidation sites excluding steroid dienone is 1. The van der Waals surface area contributed by atoms with Crippen molar-refractivity contribution in [3.05, 3.63) is 11.4 Å². The number of carbonyl (C=O) groups excluding carboxylic acids is 2. The van der Waals surface area contributed by atoms with Gasteiger partial charge in [-0.15, -0.1) is 0 Å². The highest BCUT2D eigenvalue weighted by molar-refractivity contribution is 6.03. The molecule has 0 aromatic rings. The third kappa shape index (κ3) is 1.14. The summed E-state index contributed by atoms with van der Waals surface area (Å²) < 4.78 is 0. The number of nitrogens with zero attached hydrogens (tertiary/aromatic N) is 2. The largest absolute Gasteiger partial charge is 0.366 e. The van der Waals surface area contributed by atoms with E-state index in [1.54, 1.807) is 6.21 Å². The molecule has 0 aromatic heterocycles. The molecule has 3 heterocycles. The van der Waals surface area contributed by atoms with Crippen molar-refractivity contribution in [3.63, 3.8) is 0 Å². The molecule has 15 heavy (non-hydrogen) atoms. The van der Waals surface area contributed by atoms with E-state index in [1.807, 2.05) is 0 Å². The standard InChI is InChI=1S/C9H10N4O2/c14-8-5-4-13-2-1-10-3-6(13)7(5)11-9(15)12-8/h3,5H,1-2,4H2,(H2,11,12,14,15). The van der Waals surface area contributed by atoms with E-state index in [0.717, 1.165) is 18.8 Å². The van der Waals surface area contributed by atoms with Gasteiger partial charge in [-0.25, -0.2) is 4.79 Å². The van der Waals surface area contributed by atoms with Gasteiger partial charge >= 0.3 is 6.03 Å². The minimum absolute atomic E-state index is 0.218. The first-order chi connectivity index (χ1) is 7.25. The molecule has 3 rings (SSSR count). The molecule has 3 aliphatic heterocycles. The average Bonchev–Trinajstić information content (AvgIpc) is 2.57. The molecule has 6 nitrogen and oxygen atoms in total. The average molecular weight is 206 g/mol. The summed E-state index contributed by atoms with van der Waals surface area (Å²) in [5.41, 5.74) is 1.58. The van der Waals surface area contributed by atoms with E-state index >= 15 is 0 Å². The van der Waals surface area contributed by atoms with Gasteiger partial charge in [0.1, 0.15) is 0 Å². The molecule has 2 N–H and O–H groups in total. The van der Waals surface area contributed by atoms with Crippen LogP contribution < -0.4 is 10.6 Å². The number of amides is 3. The van der Waals surface area contributed by atoms with Gasteiger partial charge in [0.15, 0.2) is 0 Å². The van der Waals surface area contributed by atoms with Crippen molar-refractivity contribution >= 4 is 18.2 Å². The summed E-state index contributed by atoms with van der Waals surface area (Å²) in [7, 11) is 0. The molecule has 6 heteroatoms. The topological polar surface area (TPSA) is 73.8 Å². The minimum atomic E-state index is -0.445. The molecule has 0 spiro atoms. The van der Waals surface area contributed by atoms with Gasteiger partial charge in [0.05, 0.1) is 23.9 Å². The van der Waals surface area contributed by atoms with Crippen LogP contribution in [0.4, 0.5) is 4.79 Å². The number of imide groups is 1. The van der Waals surface area contributed by atoms with E-state index in [1.165, 1.54) is 0 Å². The minimum Gasteiger partial charge on any atom is -0.366 e. The highest BCUT2D eigenvalue weighted by Gasteiger charge is 2.40. The summed E-state index contributed by atoms with van der Waals surface area (Å²) in [6.07, 6.45) is 1.73. The van der Waals surface area contributed by atoms with E-state index in [9.17, 15) is 9.59 Å². The number of rotatable bonds is 0. The van der Waals surface area contributed by atoms with Crippen LogP contribution in [0.3, 0.4) is 0 Å². The maximum absolute atomic E-state index is 11.6. The first-order valence-electron chi connectivity index (χ1n) is 4.86. The quantitative estimate of drug-likeness (QED) is 0.537. The van der Waals surface area contributed by atoms with Gasteiger partial charge in [-0.05, 0) is 0 Å². The third-order valence-electron chi connectivity index (χ3n) is 2.88. The zero-order valence-electron chi connectivity index (χ0n) is 7.99. The number of fused-ring (bicyclic) bond motifs is 2. The molecular formula is C9H10N4O2. The SMILES string of the molecule is O=C1NC(=O)C2CN3CCN=CC3=C2N1. The van der Waals surface area contributed by atoms with E-state index in [0.29, 0.717) is 12.2 Å². The van der Waals surface area contributed by atoms with Crippen molar-refractivity contribution in [1.29, 1.82) is 0 Å². The van der Waals surface area contributed by atoms with Gasteiger partial charge in [0.25, 0.3) is 0 Å². The van der Waals surface area contributed by atoms with Crippen molar-refractivity contribution in [1.82, 2.24) is 15.5 Å². The molecule has 0 radical (unpaired) electrons. The van der Waals surface area contributed by atoms with Gasteiger partial charge in [0, 0.05) is 19.3 Å². The maximum Gasteiger partial charge on any atom is 0.325 e. The zero-order valence-corrected chi connectivity index (χ0v) is 7.99. The fraction of sp³-hybridized carbons (Fsp3) is 0.444. The summed E-state index contributed by atoms with van der Waals surface area (Å²) in [5, 5.41) is 4.95. The first-order valence-corrected chi connectivity index (χ1v) is 4.86. The van der Waals surface area contributed by atoms with Gasteiger partial charge < -0.3 is 10.2 Å². The lowest BCUT2D eigenvalue weighted by Crippen LogP contribution is -2.50. The van der Waals surface area contributed by atoms with Crippen molar-refractivity contribution < 1.29 is 9.59 Å². The van der Waals surface area contributed by atoms with Crippen LogP contribution in [0.1, 0.15) is 0 Å². The number of hydrogen-bond donors (Lipinski definition) is 2. The van der Waals surface area contributed by atoms with Crippen LogP contribution in [-0.2, 0) is 4.79 Å². The normalized spacial score (nSPS) is 28.5. The first kappa shape index (κ1) is 8.46. The van der Waals surface area contributed by atoms with Crippen LogP contribution in [0.15, 0.2) is 16.4 Å². The predicted molar refractivity (Wildman–Crippen MR) is 52.1 cm³/mol. The molecule has 0 aromatic carbocycles. The molecule has 0 saturated carbocycles. The lowest BCUT2D eigenvalue weighted by molar-refractivity contribution is -0.123. The molecule has 1 atom stereocenters. The van der Waals surface area contributed by atoms with E-state index in [4.69, 9.17) is 0 Å². The fourth-order valence-corrected chi connectivity index (χ4v) is 2.17.